The van der Waals surface area contributed by atoms with Crippen LogP contribution in [0.3, 0.4) is 0 Å². The molecule has 0 bridgehead atoms. The topological polar surface area (TPSA) is 44.5 Å². The Kier molecular flexibility index (Phi) is 4.79. The first-order valence-electron chi connectivity index (χ1n) is 6.34. The van der Waals surface area contributed by atoms with Crippen molar-refractivity contribution in [1.82, 2.24) is 0 Å². The van der Waals surface area contributed by atoms with Crippen LogP contribution in [0.2, 0.25) is 0 Å². The predicted octanol–water partition coefficient (Wildman–Crippen LogP) is 3.89. The summed E-state index contributed by atoms with van der Waals surface area (Å²) in [5, 5.41) is 0. The molecule has 3 nitrogen and oxygen atoms in total. The van der Waals surface area contributed by atoms with E-state index in [4.69, 9.17) is 15.2 Å². The van der Waals surface area contributed by atoms with Crippen molar-refractivity contribution in [2.24, 2.45) is 0 Å². The van der Waals surface area contributed by atoms with Crippen LogP contribution in [0.25, 0.3) is 0 Å². The van der Waals surface area contributed by atoms with Gasteiger partial charge in [-0.15, -0.1) is 11.8 Å². The number of ether oxygens (including phenoxy) is 2. The summed E-state index contributed by atoms with van der Waals surface area (Å²) in [6, 6.07) is 11.9. The van der Waals surface area contributed by atoms with Gasteiger partial charge in [0.25, 0.3) is 0 Å². The van der Waals surface area contributed by atoms with E-state index in [1.54, 1.807) is 26.0 Å². The zero-order valence-corrected chi connectivity index (χ0v) is 12.8. The molecule has 2 rings (SSSR count). The minimum atomic E-state index is 0.786. The summed E-state index contributed by atoms with van der Waals surface area (Å²) in [6.07, 6.45) is 0. The van der Waals surface area contributed by atoms with Crippen LogP contribution in [0.1, 0.15) is 11.1 Å². The number of thioether (sulfide) groups is 1. The number of anilines is 1. The molecule has 2 aromatic rings. The minimum Gasteiger partial charge on any atom is -0.497 e. The molecular formula is C16H19NO2S. The fourth-order valence-corrected chi connectivity index (χ4v) is 2.96. The molecule has 0 atom stereocenters. The highest BCUT2D eigenvalue weighted by Crippen LogP contribution is 2.33. The monoisotopic (exact) mass is 289 g/mol. The molecule has 0 saturated carbocycles. The highest BCUT2D eigenvalue weighted by molar-refractivity contribution is 7.98. The molecule has 0 aromatic heterocycles. The molecule has 0 saturated heterocycles. The van der Waals surface area contributed by atoms with Gasteiger partial charge in [-0.1, -0.05) is 6.07 Å². The zero-order chi connectivity index (χ0) is 14.5. The molecule has 0 aliphatic rings. The molecule has 20 heavy (non-hydrogen) atoms. The molecule has 106 valence electrons. The number of rotatable bonds is 5. The Hall–Kier alpha value is -1.81. The predicted molar refractivity (Wildman–Crippen MR) is 84.7 cm³/mol. The van der Waals surface area contributed by atoms with Crippen molar-refractivity contribution >= 4 is 17.4 Å². The Morgan fingerprint density at radius 3 is 2.55 bits per heavy atom. The first-order valence-corrected chi connectivity index (χ1v) is 7.32. The van der Waals surface area contributed by atoms with Crippen LogP contribution >= 0.6 is 11.8 Å². The van der Waals surface area contributed by atoms with Gasteiger partial charge in [-0.25, -0.2) is 0 Å². The molecule has 0 radical (unpaired) electrons. The summed E-state index contributed by atoms with van der Waals surface area (Å²) >= 11 is 1.70. The van der Waals surface area contributed by atoms with Crippen molar-refractivity contribution in [2.45, 2.75) is 17.6 Å². The zero-order valence-electron chi connectivity index (χ0n) is 12.0. The van der Waals surface area contributed by atoms with Crippen LogP contribution in [-0.4, -0.2) is 14.2 Å². The summed E-state index contributed by atoms with van der Waals surface area (Å²) in [5.41, 5.74) is 9.11. The number of methoxy groups -OCH3 is 2. The first kappa shape index (κ1) is 14.6. The lowest BCUT2D eigenvalue weighted by molar-refractivity contribution is 0.400. The second-order valence-corrected chi connectivity index (χ2v) is 5.52. The highest BCUT2D eigenvalue weighted by atomic mass is 32.2. The molecular weight excluding hydrogens is 270 g/mol. The third-order valence-corrected chi connectivity index (χ3v) is 4.16. The van der Waals surface area contributed by atoms with E-state index < -0.39 is 0 Å². The van der Waals surface area contributed by atoms with E-state index in [9.17, 15) is 0 Å². The van der Waals surface area contributed by atoms with E-state index in [0.717, 1.165) is 33.4 Å². The summed E-state index contributed by atoms with van der Waals surface area (Å²) in [5.74, 6) is 2.48. The number of aryl methyl sites for hydroxylation is 1. The van der Waals surface area contributed by atoms with Crippen LogP contribution in [0.5, 0.6) is 11.5 Å². The maximum Gasteiger partial charge on any atom is 0.123 e. The molecule has 0 unspecified atom stereocenters. The van der Waals surface area contributed by atoms with Crippen LogP contribution in [-0.2, 0) is 5.75 Å². The number of hydrogen-bond acceptors (Lipinski definition) is 4. The summed E-state index contributed by atoms with van der Waals surface area (Å²) in [4.78, 5) is 1.09. The number of benzene rings is 2. The largest absolute Gasteiger partial charge is 0.497 e. The van der Waals surface area contributed by atoms with Crippen LogP contribution in [0.15, 0.2) is 41.3 Å². The summed E-state index contributed by atoms with van der Waals surface area (Å²) in [7, 11) is 3.34. The third kappa shape index (κ3) is 3.39. The van der Waals surface area contributed by atoms with E-state index >= 15 is 0 Å². The van der Waals surface area contributed by atoms with Gasteiger partial charge in [0.15, 0.2) is 0 Å². The van der Waals surface area contributed by atoms with Crippen molar-refractivity contribution in [3.05, 3.63) is 47.5 Å². The van der Waals surface area contributed by atoms with Crippen LogP contribution < -0.4 is 15.2 Å². The summed E-state index contributed by atoms with van der Waals surface area (Å²) < 4.78 is 10.6. The van der Waals surface area contributed by atoms with Gasteiger partial charge in [0, 0.05) is 21.9 Å². The second-order valence-electron chi connectivity index (χ2n) is 4.51. The summed E-state index contributed by atoms with van der Waals surface area (Å²) in [6.45, 7) is 2.07. The van der Waals surface area contributed by atoms with Gasteiger partial charge in [0.1, 0.15) is 11.5 Å². The molecule has 4 heteroatoms. The fraction of sp³-hybridized carbons (Fsp3) is 0.250. The van der Waals surface area contributed by atoms with Crippen LogP contribution in [0.4, 0.5) is 5.69 Å². The SMILES string of the molecule is COc1ccc(OC)c(CSc2cc(C)ccc2N)c1. The van der Waals surface area contributed by atoms with Crippen molar-refractivity contribution in [2.75, 3.05) is 20.0 Å². The fourth-order valence-electron chi connectivity index (χ4n) is 1.92. The average molecular weight is 289 g/mol. The van der Waals surface area contributed by atoms with Gasteiger partial charge in [-0.3, -0.25) is 0 Å². The van der Waals surface area contributed by atoms with E-state index in [0.29, 0.717) is 0 Å². The molecule has 0 amide bonds. The molecule has 0 aliphatic heterocycles. The van der Waals surface area contributed by atoms with E-state index in [-0.39, 0.29) is 0 Å². The normalized spacial score (nSPS) is 10.3. The third-order valence-electron chi connectivity index (χ3n) is 3.04. The molecule has 0 heterocycles. The Bertz CT molecular complexity index is 599. The van der Waals surface area contributed by atoms with Gasteiger partial charge in [0.2, 0.25) is 0 Å². The van der Waals surface area contributed by atoms with Gasteiger partial charge in [-0.05, 0) is 42.8 Å². The van der Waals surface area contributed by atoms with Crippen molar-refractivity contribution in [3.8, 4) is 11.5 Å². The Morgan fingerprint density at radius 2 is 1.85 bits per heavy atom. The average Bonchev–Trinajstić information content (AvgIpc) is 2.47. The molecule has 0 fully saturated rings. The standard InChI is InChI=1S/C16H19NO2S/c1-11-4-6-14(17)16(8-11)20-10-12-9-13(18-2)5-7-15(12)19-3/h4-9H,10,17H2,1-3H3. The van der Waals surface area contributed by atoms with E-state index in [1.165, 1.54) is 5.56 Å². The number of nitrogens with two attached hydrogens (primary N) is 1. The van der Waals surface area contributed by atoms with Gasteiger partial charge in [0.05, 0.1) is 14.2 Å². The quantitative estimate of drug-likeness (QED) is 0.670. The van der Waals surface area contributed by atoms with Crippen molar-refractivity contribution in [3.63, 3.8) is 0 Å². The first-order chi connectivity index (χ1) is 9.63. The molecule has 0 spiro atoms. The Balaban J connectivity index is 2.19. The van der Waals surface area contributed by atoms with E-state index in [1.807, 2.05) is 30.3 Å². The maximum absolute atomic E-state index is 6.00. The van der Waals surface area contributed by atoms with Gasteiger partial charge in [-0.2, -0.15) is 0 Å². The van der Waals surface area contributed by atoms with Gasteiger partial charge < -0.3 is 15.2 Å². The number of nitrogen functional groups attached to an aromatic ring is 1. The van der Waals surface area contributed by atoms with Gasteiger partial charge >= 0.3 is 0 Å². The highest BCUT2D eigenvalue weighted by Gasteiger charge is 2.07. The Morgan fingerprint density at radius 1 is 1.05 bits per heavy atom. The minimum absolute atomic E-state index is 0.786. The van der Waals surface area contributed by atoms with Crippen molar-refractivity contribution in [1.29, 1.82) is 0 Å². The lowest BCUT2D eigenvalue weighted by Gasteiger charge is -2.11. The molecule has 0 aliphatic carbocycles. The lowest BCUT2D eigenvalue weighted by Crippen LogP contribution is -1.94. The van der Waals surface area contributed by atoms with E-state index in [2.05, 4.69) is 13.0 Å². The maximum atomic E-state index is 6.00. The molecule has 2 N–H and O–H groups in total. The second kappa shape index (κ2) is 6.57. The Labute approximate surface area is 124 Å². The lowest BCUT2D eigenvalue weighted by atomic mass is 10.2. The smallest absolute Gasteiger partial charge is 0.123 e. The van der Waals surface area contributed by atoms with Crippen molar-refractivity contribution < 1.29 is 9.47 Å². The number of hydrogen-bond donors (Lipinski definition) is 1. The molecule has 2 aromatic carbocycles. The van der Waals surface area contributed by atoms with Crippen LogP contribution in [0, 0.1) is 6.92 Å².